The number of hydrogen-bond donors (Lipinski definition) is 1. The number of benzene rings is 2. The van der Waals surface area contributed by atoms with Gasteiger partial charge in [0.05, 0.1) is 4.90 Å². The highest BCUT2D eigenvalue weighted by Gasteiger charge is 2.21. The second-order valence-electron chi connectivity index (χ2n) is 4.14. The lowest BCUT2D eigenvalue weighted by Gasteiger charge is -2.04. The molecule has 0 saturated carbocycles. The topological polar surface area (TPSA) is 78.2 Å². The molecule has 2 aromatic rings. The van der Waals surface area contributed by atoms with Crippen LogP contribution in [0.5, 0.6) is 5.75 Å². The van der Waals surface area contributed by atoms with Crippen LogP contribution >= 0.6 is 11.6 Å². The number of para-hydroxylation sites is 1. The van der Waals surface area contributed by atoms with Crippen LogP contribution < -0.4 is 0 Å². The zero-order valence-electron chi connectivity index (χ0n) is 10.7. The van der Waals surface area contributed by atoms with Gasteiger partial charge < -0.3 is 5.11 Å². The molecule has 0 spiro atoms. The summed E-state index contributed by atoms with van der Waals surface area (Å²) in [6, 6.07) is 13.4. The third-order valence-corrected chi connectivity index (χ3v) is 4.68. The van der Waals surface area contributed by atoms with Crippen LogP contribution in [-0.2, 0) is 9.84 Å². The van der Waals surface area contributed by atoms with Crippen LogP contribution in [0.1, 0.15) is 5.56 Å². The first-order valence-corrected chi connectivity index (χ1v) is 7.71. The van der Waals surface area contributed by atoms with Gasteiger partial charge >= 0.3 is 0 Å². The predicted octanol–water partition coefficient (Wildman–Crippen LogP) is 3.38. The first-order chi connectivity index (χ1) is 9.95. The van der Waals surface area contributed by atoms with Gasteiger partial charge in [-0.15, -0.1) is 0 Å². The highest BCUT2D eigenvalue weighted by atomic mass is 35.5. The molecule has 4 nitrogen and oxygen atoms in total. The van der Waals surface area contributed by atoms with E-state index in [1.807, 2.05) is 0 Å². The SMILES string of the molecule is N#C/C(=C\c1ccccc1O)S(=O)(=O)c1ccc(Cl)cc1. The van der Waals surface area contributed by atoms with Crippen molar-refractivity contribution in [1.82, 2.24) is 0 Å². The fraction of sp³-hybridized carbons (Fsp3) is 0. The first kappa shape index (κ1) is 15.1. The van der Waals surface area contributed by atoms with Crippen molar-refractivity contribution in [3.05, 3.63) is 64.0 Å². The second-order valence-corrected chi connectivity index (χ2v) is 6.49. The monoisotopic (exact) mass is 319 g/mol. The summed E-state index contributed by atoms with van der Waals surface area (Å²) in [5.74, 6) is -0.100. The maximum Gasteiger partial charge on any atom is 0.216 e. The maximum absolute atomic E-state index is 12.4. The minimum Gasteiger partial charge on any atom is -0.507 e. The van der Waals surface area contributed by atoms with Gasteiger partial charge in [-0.2, -0.15) is 5.26 Å². The van der Waals surface area contributed by atoms with Gasteiger partial charge in [-0.25, -0.2) is 8.42 Å². The van der Waals surface area contributed by atoms with Gasteiger partial charge in [-0.3, -0.25) is 0 Å². The Morgan fingerprint density at radius 3 is 2.33 bits per heavy atom. The molecule has 0 saturated heterocycles. The van der Waals surface area contributed by atoms with Gasteiger partial charge in [0.15, 0.2) is 0 Å². The molecule has 106 valence electrons. The van der Waals surface area contributed by atoms with Crippen LogP contribution in [0, 0.1) is 11.3 Å². The Labute approximate surface area is 127 Å². The lowest BCUT2D eigenvalue weighted by atomic mass is 10.2. The van der Waals surface area contributed by atoms with Crippen LogP contribution in [0.25, 0.3) is 6.08 Å². The third kappa shape index (κ3) is 3.24. The number of phenols is 1. The molecule has 2 rings (SSSR count). The van der Waals surface area contributed by atoms with Crippen LogP contribution in [0.15, 0.2) is 58.3 Å². The molecule has 0 radical (unpaired) electrons. The van der Waals surface area contributed by atoms with Crippen LogP contribution in [0.4, 0.5) is 0 Å². The summed E-state index contributed by atoms with van der Waals surface area (Å²) >= 11 is 5.72. The average molecular weight is 320 g/mol. The van der Waals surface area contributed by atoms with E-state index >= 15 is 0 Å². The number of aromatic hydroxyl groups is 1. The quantitative estimate of drug-likeness (QED) is 0.880. The summed E-state index contributed by atoms with van der Waals surface area (Å²) in [5.41, 5.74) is 0.256. The number of hydrogen-bond acceptors (Lipinski definition) is 4. The normalized spacial score (nSPS) is 11.9. The summed E-state index contributed by atoms with van der Waals surface area (Å²) in [4.78, 5) is -0.485. The Morgan fingerprint density at radius 2 is 1.76 bits per heavy atom. The number of rotatable bonds is 3. The Kier molecular flexibility index (Phi) is 4.32. The maximum atomic E-state index is 12.4. The number of phenolic OH excluding ortho intramolecular Hbond substituents is 1. The molecule has 2 aromatic carbocycles. The molecule has 0 fully saturated rings. The summed E-state index contributed by atoms with van der Waals surface area (Å²) in [6.07, 6.45) is 1.14. The van der Waals surface area contributed by atoms with Gasteiger partial charge in [0.2, 0.25) is 9.84 Å². The Bertz CT molecular complexity index is 834. The first-order valence-electron chi connectivity index (χ1n) is 5.85. The van der Waals surface area contributed by atoms with E-state index in [1.54, 1.807) is 18.2 Å². The Balaban J connectivity index is 2.53. The molecule has 0 amide bonds. The fourth-order valence-corrected chi connectivity index (χ4v) is 2.94. The number of nitrogens with zero attached hydrogens (tertiary/aromatic N) is 1. The van der Waals surface area contributed by atoms with Gasteiger partial charge in [0.25, 0.3) is 0 Å². The smallest absolute Gasteiger partial charge is 0.216 e. The molecular formula is C15H10ClNO3S. The van der Waals surface area contributed by atoms with Crippen LogP contribution in [0.3, 0.4) is 0 Å². The van der Waals surface area contributed by atoms with Crippen molar-refractivity contribution in [2.24, 2.45) is 0 Å². The van der Waals surface area contributed by atoms with E-state index in [4.69, 9.17) is 16.9 Å². The Hall–Kier alpha value is -2.29. The highest BCUT2D eigenvalue weighted by molar-refractivity contribution is 7.95. The van der Waals surface area contributed by atoms with Crippen molar-refractivity contribution in [2.75, 3.05) is 0 Å². The van der Waals surface area contributed by atoms with Crippen molar-refractivity contribution in [1.29, 1.82) is 5.26 Å². The van der Waals surface area contributed by atoms with Crippen molar-refractivity contribution < 1.29 is 13.5 Å². The van der Waals surface area contributed by atoms with E-state index in [0.29, 0.717) is 5.02 Å². The van der Waals surface area contributed by atoms with Crippen LogP contribution in [-0.4, -0.2) is 13.5 Å². The standard InChI is InChI=1S/C15H10ClNO3S/c16-12-5-7-13(8-6-12)21(19,20)14(10-17)9-11-3-1-2-4-15(11)18/h1-9,18H/b14-9+. The van der Waals surface area contributed by atoms with Crippen molar-refractivity contribution in [3.63, 3.8) is 0 Å². The molecule has 0 aromatic heterocycles. The molecule has 0 aliphatic heterocycles. The molecular weight excluding hydrogens is 310 g/mol. The predicted molar refractivity (Wildman–Crippen MR) is 80.3 cm³/mol. The van der Waals surface area contributed by atoms with Gasteiger partial charge in [-0.05, 0) is 36.4 Å². The minimum absolute atomic E-state index is 0.0323. The molecule has 0 unspecified atom stereocenters. The van der Waals surface area contributed by atoms with E-state index in [2.05, 4.69) is 0 Å². The van der Waals surface area contributed by atoms with E-state index < -0.39 is 14.7 Å². The molecule has 6 heteroatoms. The van der Waals surface area contributed by atoms with Crippen LogP contribution in [0.2, 0.25) is 5.02 Å². The third-order valence-electron chi connectivity index (χ3n) is 2.75. The second kappa shape index (κ2) is 6.00. The largest absolute Gasteiger partial charge is 0.507 e. The van der Waals surface area contributed by atoms with E-state index in [-0.39, 0.29) is 16.2 Å². The molecule has 0 aliphatic rings. The summed E-state index contributed by atoms with van der Waals surface area (Å²) in [6.45, 7) is 0. The Morgan fingerprint density at radius 1 is 1.14 bits per heavy atom. The van der Waals surface area contributed by atoms with E-state index in [9.17, 15) is 13.5 Å². The highest BCUT2D eigenvalue weighted by Crippen LogP contribution is 2.25. The van der Waals surface area contributed by atoms with Gasteiger partial charge in [-0.1, -0.05) is 29.8 Å². The molecule has 0 aliphatic carbocycles. The molecule has 0 bridgehead atoms. The minimum atomic E-state index is -3.95. The van der Waals surface area contributed by atoms with Crippen molar-refractivity contribution in [3.8, 4) is 11.8 Å². The number of nitriles is 1. The summed E-state index contributed by atoms with van der Waals surface area (Å²) < 4.78 is 24.7. The molecule has 1 N–H and O–H groups in total. The average Bonchev–Trinajstić information content (AvgIpc) is 2.46. The van der Waals surface area contributed by atoms with E-state index in [0.717, 1.165) is 6.08 Å². The lowest BCUT2D eigenvalue weighted by Crippen LogP contribution is -2.03. The molecule has 0 atom stereocenters. The summed E-state index contributed by atoms with van der Waals surface area (Å²) in [7, 11) is -3.95. The van der Waals surface area contributed by atoms with Crippen molar-refractivity contribution in [2.45, 2.75) is 4.90 Å². The summed E-state index contributed by atoms with van der Waals surface area (Å²) in [5, 5.41) is 19.2. The number of sulfone groups is 1. The zero-order chi connectivity index (χ0) is 15.5. The number of halogens is 1. The molecule has 0 heterocycles. The fourth-order valence-electron chi connectivity index (χ4n) is 1.66. The number of allylic oxidation sites excluding steroid dienone is 1. The van der Waals surface area contributed by atoms with Gasteiger partial charge in [0.1, 0.15) is 16.7 Å². The molecule has 21 heavy (non-hydrogen) atoms. The lowest BCUT2D eigenvalue weighted by molar-refractivity contribution is 0.474. The van der Waals surface area contributed by atoms with Gasteiger partial charge in [0, 0.05) is 10.6 Å². The van der Waals surface area contributed by atoms with Crippen molar-refractivity contribution >= 4 is 27.5 Å². The van der Waals surface area contributed by atoms with E-state index in [1.165, 1.54) is 36.4 Å². The zero-order valence-corrected chi connectivity index (χ0v) is 12.3.